The fourth-order valence-electron chi connectivity index (χ4n) is 2.12. The van der Waals surface area contributed by atoms with Gasteiger partial charge in [-0.05, 0) is 6.07 Å². The highest BCUT2D eigenvalue weighted by Crippen LogP contribution is 2.25. The van der Waals surface area contributed by atoms with Gasteiger partial charge in [-0.1, -0.05) is 39.0 Å². The van der Waals surface area contributed by atoms with Crippen LogP contribution in [0.1, 0.15) is 31.5 Å². The monoisotopic (exact) mass is 299 g/mol. The molecule has 0 aliphatic heterocycles. The van der Waals surface area contributed by atoms with Crippen molar-refractivity contribution in [1.82, 2.24) is 14.8 Å². The number of thiazole rings is 1. The minimum atomic E-state index is -0.0709. The molecule has 0 radical (unpaired) electrons. The molecule has 0 aliphatic carbocycles. The highest BCUT2D eigenvalue weighted by atomic mass is 32.1. The zero-order valence-corrected chi connectivity index (χ0v) is 13.1. The number of nitrogens with zero attached hydrogens (tertiary/aromatic N) is 3. The third-order valence-electron chi connectivity index (χ3n) is 3.27. The first kappa shape index (κ1) is 13.9. The molecule has 2 heterocycles. The van der Waals surface area contributed by atoms with Gasteiger partial charge in [0.05, 0.1) is 28.8 Å². The SMILES string of the molecule is CC(C)(C)c1nc(Cn2ncc3ccccc3c2=O)cs1. The van der Waals surface area contributed by atoms with Crippen LogP contribution >= 0.6 is 11.3 Å². The largest absolute Gasteiger partial charge is 0.274 e. The van der Waals surface area contributed by atoms with Crippen molar-refractivity contribution >= 4 is 22.1 Å². The second-order valence-corrected chi connectivity index (χ2v) is 6.95. The average molecular weight is 299 g/mol. The Labute approximate surface area is 127 Å². The molecule has 1 aromatic carbocycles. The second kappa shape index (κ2) is 5.07. The summed E-state index contributed by atoms with van der Waals surface area (Å²) in [6.45, 7) is 6.82. The fraction of sp³-hybridized carbons (Fsp3) is 0.312. The lowest BCUT2D eigenvalue weighted by atomic mass is 9.98. The van der Waals surface area contributed by atoms with Crippen LogP contribution in [0.4, 0.5) is 0 Å². The summed E-state index contributed by atoms with van der Waals surface area (Å²) in [5.41, 5.74) is 0.846. The Morgan fingerprint density at radius 1 is 1.24 bits per heavy atom. The van der Waals surface area contributed by atoms with E-state index in [0.717, 1.165) is 16.1 Å². The number of benzene rings is 1. The highest BCUT2D eigenvalue weighted by molar-refractivity contribution is 7.09. The maximum Gasteiger partial charge on any atom is 0.274 e. The number of hydrogen-bond acceptors (Lipinski definition) is 4. The second-order valence-electron chi connectivity index (χ2n) is 6.09. The van der Waals surface area contributed by atoms with Crippen molar-refractivity contribution in [3.63, 3.8) is 0 Å². The van der Waals surface area contributed by atoms with Crippen molar-refractivity contribution in [2.24, 2.45) is 0 Å². The van der Waals surface area contributed by atoms with Crippen molar-refractivity contribution in [1.29, 1.82) is 0 Å². The summed E-state index contributed by atoms with van der Waals surface area (Å²) in [6.07, 6.45) is 1.73. The van der Waals surface area contributed by atoms with E-state index < -0.39 is 0 Å². The normalized spacial score (nSPS) is 12.0. The van der Waals surface area contributed by atoms with Gasteiger partial charge >= 0.3 is 0 Å². The topological polar surface area (TPSA) is 47.8 Å². The van der Waals surface area contributed by atoms with Crippen molar-refractivity contribution in [3.8, 4) is 0 Å². The predicted octanol–water partition coefficient (Wildman–Crippen LogP) is 3.20. The van der Waals surface area contributed by atoms with Gasteiger partial charge in [0.25, 0.3) is 5.56 Å². The first-order chi connectivity index (χ1) is 9.95. The molecule has 4 nitrogen and oxygen atoms in total. The van der Waals surface area contributed by atoms with Gasteiger partial charge in [-0.3, -0.25) is 4.79 Å². The van der Waals surface area contributed by atoms with E-state index >= 15 is 0 Å². The van der Waals surface area contributed by atoms with Crippen LogP contribution in [0.2, 0.25) is 0 Å². The number of fused-ring (bicyclic) bond motifs is 1. The van der Waals surface area contributed by atoms with Crippen LogP contribution in [0.5, 0.6) is 0 Å². The van der Waals surface area contributed by atoms with Gasteiger partial charge in [0.2, 0.25) is 0 Å². The lowest BCUT2D eigenvalue weighted by molar-refractivity contribution is 0.576. The van der Waals surface area contributed by atoms with Gasteiger partial charge in [-0.15, -0.1) is 11.3 Å². The van der Waals surface area contributed by atoms with Crippen LogP contribution in [0.25, 0.3) is 10.8 Å². The lowest BCUT2D eigenvalue weighted by Gasteiger charge is -2.13. The molecule has 0 aliphatic rings. The van der Waals surface area contributed by atoms with Crippen LogP contribution < -0.4 is 5.56 Å². The molecule has 0 saturated carbocycles. The van der Waals surface area contributed by atoms with Gasteiger partial charge in [-0.2, -0.15) is 5.10 Å². The van der Waals surface area contributed by atoms with Crippen molar-refractivity contribution in [2.45, 2.75) is 32.7 Å². The van der Waals surface area contributed by atoms with Gasteiger partial charge in [-0.25, -0.2) is 9.67 Å². The summed E-state index contributed by atoms with van der Waals surface area (Å²) in [6, 6.07) is 7.50. The van der Waals surface area contributed by atoms with Crippen LogP contribution in [0, 0.1) is 0 Å². The summed E-state index contributed by atoms with van der Waals surface area (Å²) in [5.74, 6) is 0. The Balaban J connectivity index is 1.97. The summed E-state index contributed by atoms with van der Waals surface area (Å²) < 4.78 is 1.48. The van der Waals surface area contributed by atoms with Gasteiger partial charge in [0, 0.05) is 16.2 Å². The Kier molecular flexibility index (Phi) is 3.37. The molecule has 0 N–H and O–H groups in total. The van der Waals surface area contributed by atoms with Crippen LogP contribution in [0.15, 0.2) is 40.6 Å². The van der Waals surface area contributed by atoms with E-state index in [1.165, 1.54) is 4.68 Å². The van der Waals surface area contributed by atoms with E-state index in [0.29, 0.717) is 11.9 Å². The van der Waals surface area contributed by atoms with E-state index in [-0.39, 0.29) is 11.0 Å². The quantitative estimate of drug-likeness (QED) is 0.730. The molecular formula is C16H17N3OS. The van der Waals surface area contributed by atoms with Crippen molar-refractivity contribution in [3.05, 3.63) is 56.9 Å². The molecule has 0 spiro atoms. The number of hydrogen-bond donors (Lipinski definition) is 0. The smallest absolute Gasteiger partial charge is 0.267 e. The minimum Gasteiger partial charge on any atom is -0.267 e. The van der Waals surface area contributed by atoms with E-state index in [1.807, 2.05) is 29.6 Å². The van der Waals surface area contributed by atoms with Gasteiger partial charge in [0.1, 0.15) is 0 Å². The summed E-state index contributed by atoms with van der Waals surface area (Å²) in [5, 5.41) is 8.88. The Bertz CT molecular complexity index is 842. The molecule has 2 aromatic heterocycles. The van der Waals surface area contributed by atoms with Crippen LogP contribution in [-0.2, 0) is 12.0 Å². The van der Waals surface area contributed by atoms with E-state index in [4.69, 9.17) is 0 Å². The molecule has 3 aromatic rings. The molecule has 21 heavy (non-hydrogen) atoms. The standard InChI is InChI=1S/C16H17N3OS/c1-16(2,3)15-18-12(10-21-15)9-19-14(20)13-7-5-4-6-11(13)8-17-19/h4-8,10H,9H2,1-3H3. The summed E-state index contributed by atoms with van der Waals surface area (Å²) in [7, 11) is 0. The molecule has 0 atom stereocenters. The van der Waals surface area contributed by atoms with E-state index in [2.05, 4.69) is 30.9 Å². The van der Waals surface area contributed by atoms with Gasteiger partial charge < -0.3 is 0 Å². The molecule has 0 saturated heterocycles. The summed E-state index contributed by atoms with van der Waals surface area (Å²) in [4.78, 5) is 17.0. The molecule has 0 bridgehead atoms. The molecule has 0 fully saturated rings. The Morgan fingerprint density at radius 2 is 2.00 bits per heavy atom. The van der Waals surface area contributed by atoms with E-state index in [1.54, 1.807) is 17.5 Å². The lowest BCUT2D eigenvalue weighted by Crippen LogP contribution is -2.23. The average Bonchev–Trinajstić information content (AvgIpc) is 2.91. The number of aromatic nitrogens is 3. The third kappa shape index (κ3) is 2.74. The molecule has 108 valence electrons. The Hall–Kier alpha value is -2.01. The molecular weight excluding hydrogens is 282 g/mol. The first-order valence-corrected chi connectivity index (χ1v) is 7.73. The molecule has 3 rings (SSSR count). The van der Waals surface area contributed by atoms with E-state index in [9.17, 15) is 4.79 Å². The zero-order chi connectivity index (χ0) is 15.0. The minimum absolute atomic E-state index is 0.0324. The Morgan fingerprint density at radius 3 is 2.71 bits per heavy atom. The predicted molar refractivity (Wildman–Crippen MR) is 85.9 cm³/mol. The van der Waals surface area contributed by atoms with Gasteiger partial charge in [0.15, 0.2) is 0 Å². The maximum atomic E-state index is 12.4. The molecule has 5 heteroatoms. The molecule has 0 unspecified atom stereocenters. The van der Waals surface area contributed by atoms with Crippen molar-refractivity contribution in [2.75, 3.05) is 0 Å². The fourth-order valence-corrected chi connectivity index (χ4v) is 3.02. The number of rotatable bonds is 2. The maximum absolute atomic E-state index is 12.4. The highest BCUT2D eigenvalue weighted by Gasteiger charge is 2.18. The molecule has 0 amide bonds. The third-order valence-corrected chi connectivity index (χ3v) is 4.58. The zero-order valence-electron chi connectivity index (χ0n) is 12.3. The van der Waals surface area contributed by atoms with Crippen LogP contribution in [0.3, 0.4) is 0 Å². The van der Waals surface area contributed by atoms with Crippen LogP contribution in [-0.4, -0.2) is 14.8 Å². The first-order valence-electron chi connectivity index (χ1n) is 6.85. The summed E-state index contributed by atoms with van der Waals surface area (Å²) >= 11 is 1.63. The van der Waals surface area contributed by atoms with Crippen molar-refractivity contribution < 1.29 is 0 Å².